The lowest BCUT2D eigenvalue weighted by atomic mass is 9.85. The van der Waals surface area contributed by atoms with Gasteiger partial charge in [0.15, 0.2) is 0 Å². The van der Waals surface area contributed by atoms with Gasteiger partial charge >= 0.3 is 0 Å². The molecule has 0 aromatic heterocycles. The summed E-state index contributed by atoms with van der Waals surface area (Å²) in [5.41, 5.74) is 0.407. The number of nitrogens with one attached hydrogen (secondary N) is 2. The second-order valence-corrected chi connectivity index (χ2v) is 4.76. The summed E-state index contributed by atoms with van der Waals surface area (Å²) in [5.74, 6) is 0. The van der Waals surface area contributed by atoms with Gasteiger partial charge in [0.1, 0.15) is 0 Å². The largest absolute Gasteiger partial charge is 0.313 e. The molecule has 13 heavy (non-hydrogen) atoms. The summed E-state index contributed by atoms with van der Waals surface area (Å²) in [6.07, 6.45) is 2.58. The average Bonchev–Trinajstić information content (AvgIpc) is 2.11. The molecule has 0 saturated carbocycles. The van der Waals surface area contributed by atoms with E-state index in [2.05, 4.69) is 29.5 Å². The first kappa shape index (κ1) is 9.44. The third-order valence-electron chi connectivity index (χ3n) is 3.41. The predicted octanol–water partition coefficient (Wildman–Crippen LogP) is 0.0321. The van der Waals surface area contributed by atoms with Crippen molar-refractivity contribution >= 4 is 0 Å². The normalized spacial score (nSPS) is 35.1. The number of piperazine rings is 1. The predicted molar refractivity (Wildman–Crippen MR) is 54.9 cm³/mol. The van der Waals surface area contributed by atoms with Gasteiger partial charge in [0.05, 0.1) is 0 Å². The highest BCUT2D eigenvalue weighted by Gasteiger charge is 2.36. The van der Waals surface area contributed by atoms with E-state index in [1.54, 1.807) is 0 Å². The Kier molecular flexibility index (Phi) is 2.58. The number of piperidine rings is 1. The molecule has 0 bridgehead atoms. The van der Waals surface area contributed by atoms with E-state index in [0.717, 1.165) is 13.1 Å². The van der Waals surface area contributed by atoms with E-state index in [1.165, 1.54) is 25.9 Å². The van der Waals surface area contributed by atoms with Crippen LogP contribution < -0.4 is 10.6 Å². The molecule has 0 amide bonds. The van der Waals surface area contributed by atoms with Crippen molar-refractivity contribution in [3.63, 3.8) is 0 Å². The van der Waals surface area contributed by atoms with Crippen LogP contribution in [0.25, 0.3) is 0 Å². The molecule has 2 heterocycles. The van der Waals surface area contributed by atoms with Gasteiger partial charge in [-0.2, -0.15) is 0 Å². The Morgan fingerprint density at radius 1 is 1.31 bits per heavy atom. The molecular weight excluding hydrogens is 162 g/mol. The van der Waals surface area contributed by atoms with Crippen molar-refractivity contribution < 1.29 is 0 Å². The van der Waals surface area contributed by atoms with E-state index in [4.69, 9.17) is 0 Å². The highest BCUT2D eigenvalue weighted by atomic mass is 15.2. The van der Waals surface area contributed by atoms with Crippen LogP contribution in [0.5, 0.6) is 0 Å². The van der Waals surface area contributed by atoms with E-state index >= 15 is 0 Å². The van der Waals surface area contributed by atoms with Gasteiger partial charge in [-0.05, 0) is 39.9 Å². The molecule has 1 atom stereocenters. The Hall–Kier alpha value is -0.120. The summed E-state index contributed by atoms with van der Waals surface area (Å²) < 4.78 is 0. The zero-order chi connectivity index (χ0) is 9.31. The van der Waals surface area contributed by atoms with Crippen LogP contribution in [-0.4, -0.2) is 49.7 Å². The minimum Gasteiger partial charge on any atom is -0.313 e. The van der Waals surface area contributed by atoms with Gasteiger partial charge in [-0.1, -0.05) is 0 Å². The Bertz CT molecular complexity index is 173. The highest BCUT2D eigenvalue weighted by molar-refractivity contribution is 4.99. The lowest BCUT2D eigenvalue weighted by molar-refractivity contribution is 0.123. The molecule has 1 spiro atoms. The van der Waals surface area contributed by atoms with Gasteiger partial charge < -0.3 is 15.5 Å². The molecule has 2 aliphatic heterocycles. The summed E-state index contributed by atoms with van der Waals surface area (Å²) >= 11 is 0. The van der Waals surface area contributed by atoms with Gasteiger partial charge in [-0.25, -0.2) is 0 Å². The lowest BCUT2D eigenvalue weighted by Crippen LogP contribution is -2.65. The zero-order valence-electron chi connectivity index (χ0n) is 8.77. The fourth-order valence-corrected chi connectivity index (χ4v) is 2.52. The summed E-state index contributed by atoms with van der Waals surface area (Å²) in [6.45, 7) is 7.03. The van der Waals surface area contributed by atoms with Gasteiger partial charge in [0.2, 0.25) is 0 Å². The second-order valence-electron chi connectivity index (χ2n) is 4.76. The summed E-state index contributed by atoms with van der Waals surface area (Å²) in [5, 5.41) is 7.29. The topological polar surface area (TPSA) is 27.3 Å². The van der Waals surface area contributed by atoms with Gasteiger partial charge in [0.25, 0.3) is 0 Å². The highest BCUT2D eigenvalue weighted by Crippen LogP contribution is 2.23. The standard InChI is InChI=1S/C10H21N3/c1-9-7-11-8-10(12-9)3-5-13(2)6-4-10/h9,11-12H,3-8H2,1-2H3/t9-/m1/s1. The molecule has 2 N–H and O–H groups in total. The molecule has 0 unspecified atom stereocenters. The van der Waals surface area contributed by atoms with Crippen molar-refractivity contribution in [1.82, 2.24) is 15.5 Å². The molecule has 0 aromatic carbocycles. The molecule has 0 radical (unpaired) electrons. The molecule has 3 nitrogen and oxygen atoms in total. The molecule has 0 aromatic rings. The maximum Gasteiger partial charge on any atom is 0.0333 e. The minimum absolute atomic E-state index is 0.407. The molecule has 2 fully saturated rings. The van der Waals surface area contributed by atoms with Gasteiger partial charge in [0, 0.05) is 24.7 Å². The summed E-state index contributed by atoms with van der Waals surface area (Å²) in [7, 11) is 2.21. The van der Waals surface area contributed by atoms with Crippen LogP contribution >= 0.6 is 0 Å². The molecule has 2 rings (SSSR count). The zero-order valence-corrected chi connectivity index (χ0v) is 8.77. The Labute approximate surface area is 80.9 Å². The van der Waals surface area contributed by atoms with E-state index in [-0.39, 0.29) is 0 Å². The van der Waals surface area contributed by atoms with Crippen LogP contribution in [0, 0.1) is 0 Å². The fraction of sp³-hybridized carbons (Fsp3) is 1.00. The Balaban J connectivity index is 1.95. The molecule has 2 saturated heterocycles. The molecule has 76 valence electrons. The van der Waals surface area contributed by atoms with Crippen molar-refractivity contribution in [3.05, 3.63) is 0 Å². The Morgan fingerprint density at radius 3 is 2.62 bits per heavy atom. The maximum atomic E-state index is 3.76. The van der Waals surface area contributed by atoms with Crippen LogP contribution in [0.3, 0.4) is 0 Å². The van der Waals surface area contributed by atoms with Crippen molar-refractivity contribution in [2.24, 2.45) is 0 Å². The van der Waals surface area contributed by atoms with Crippen LogP contribution in [0.15, 0.2) is 0 Å². The second kappa shape index (κ2) is 3.56. The van der Waals surface area contributed by atoms with E-state index < -0.39 is 0 Å². The van der Waals surface area contributed by atoms with Crippen LogP contribution in [0.4, 0.5) is 0 Å². The molecule has 2 aliphatic rings. The lowest BCUT2D eigenvalue weighted by Gasteiger charge is -2.46. The number of rotatable bonds is 0. The summed E-state index contributed by atoms with van der Waals surface area (Å²) in [6, 6.07) is 0.636. The fourth-order valence-electron chi connectivity index (χ4n) is 2.52. The van der Waals surface area contributed by atoms with E-state index in [9.17, 15) is 0 Å². The average molecular weight is 183 g/mol. The monoisotopic (exact) mass is 183 g/mol. The van der Waals surface area contributed by atoms with E-state index in [1.807, 2.05) is 0 Å². The maximum absolute atomic E-state index is 3.76. The third kappa shape index (κ3) is 2.03. The van der Waals surface area contributed by atoms with Crippen LogP contribution in [0.1, 0.15) is 19.8 Å². The Morgan fingerprint density at radius 2 is 2.00 bits per heavy atom. The first-order valence-corrected chi connectivity index (χ1v) is 5.37. The third-order valence-corrected chi connectivity index (χ3v) is 3.41. The number of hydrogen-bond acceptors (Lipinski definition) is 3. The minimum atomic E-state index is 0.407. The number of hydrogen-bond donors (Lipinski definition) is 2. The van der Waals surface area contributed by atoms with Crippen LogP contribution in [-0.2, 0) is 0 Å². The van der Waals surface area contributed by atoms with Gasteiger partial charge in [-0.15, -0.1) is 0 Å². The van der Waals surface area contributed by atoms with Crippen molar-refractivity contribution in [1.29, 1.82) is 0 Å². The number of nitrogens with zero attached hydrogens (tertiary/aromatic N) is 1. The summed E-state index contributed by atoms with van der Waals surface area (Å²) in [4.78, 5) is 2.42. The smallest absolute Gasteiger partial charge is 0.0333 e. The number of likely N-dealkylation sites (tertiary alicyclic amines) is 1. The van der Waals surface area contributed by atoms with Crippen molar-refractivity contribution in [2.75, 3.05) is 33.2 Å². The quantitative estimate of drug-likeness (QED) is 0.555. The van der Waals surface area contributed by atoms with Gasteiger partial charge in [-0.3, -0.25) is 0 Å². The van der Waals surface area contributed by atoms with Crippen LogP contribution in [0.2, 0.25) is 0 Å². The molecular formula is C10H21N3. The SMILES string of the molecule is C[C@@H]1CNCC2(CCN(C)CC2)N1. The van der Waals surface area contributed by atoms with Crippen molar-refractivity contribution in [2.45, 2.75) is 31.3 Å². The van der Waals surface area contributed by atoms with E-state index in [0.29, 0.717) is 11.6 Å². The van der Waals surface area contributed by atoms with Crippen molar-refractivity contribution in [3.8, 4) is 0 Å². The molecule has 3 heteroatoms. The molecule has 0 aliphatic carbocycles. The first-order valence-electron chi connectivity index (χ1n) is 5.37. The first-order chi connectivity index (χ1) is 6.20.